The molecule has 0 unspecified atom stereocenters. The van der Waals surface area contributed by atoms with Crippen LogP contribution < -0.4 is 10.2 Å². The van der Waals surface area contributed by atoms with Gasteiger partial charge in [-0.3, -0.25) is 15.1 Å². The molecule has 0 saturated carbocycles. The molecule has 0 bridgehead atoms. The molecule has 3 heterocycles. The summed E-state index contributed by atoms with van der Waals surface area (Å²) in [6.45, 7) is 9.01. The zero-order chi connectivity index (χ0) is 21.9. The van der Waals surface area contributed by atoms with Crippen molar-refractivity contribution in [3.05, 3.63) is 46.8 Å². The molecule has 0 spiro atoms. The van der Waals surface area contributed by atoms with E-state index in [1.54, 1.807) is 35.5 Å². The van der Waals surface area contributed by atoms with Crippen LogP contribution in [0.1, 0.15) is 27.7 Å². The Hall–Kier alpha value is -3.43. The van der Waals surface area contributed by atoms with E-state index in [0.717, 1.165) is 0 Å². The number of nitro groups is 1. The van der Waals surface area contributed by atoms with Gasteiger partial charge in [0.1, 0.15) is 11.4 Å². The number of hydrogen-bond acceptors (Lipinski definition) is 8. The van der Waals surface area contributed by atoms with Gasteiger partial charge in [-0.15, -0.1) is 0 Å². The van der Waals surface area contributed by atoms with Crippen molar-refractivity contribution in [1.29, 1.82) is 0 Å². The van der Waals surface area contributed by atoms with Crippen molar-refractivity contribution in [3.8, 4) is 0 Å². The molecule has 3 rings (SSSR count). The number of piperazine rings is 1. The van der Waals surface area contributed by atoms with Gasteiger partial charge in [0.15, 0.2) is 0 Å². The van der Waals surface area contributed by atoms with E-state index < -0.39 is 10.5 Å². The lowest BCUT2D eigenvalue weighted by Crippen LogP contribution is -2.55. The molecule has 0 radical (unpaired) electrons. The molecule has 2 aromatic heterocycles. The second-order valence-corrected chi connectivity index (χ2v) is 8.12. The minimum absolute atomic E-state index is 0.0952. The van der Waals surface area contributed by atoms with Gasteiger partial charge in [-0.1, -0.05) is 0 Å². The second kappa shape index (κ2) is 8.52. The standard InChI is InChI=1S/C20H26N6O4/c1-14-13-24(11-12-25(14)19(27)30-20(2,3)4)17-6-5-16(26(28)29)18(23-17)22-15-7-9-21-10-8-15/h5-10,14H,11-13H2,1-4H3,(H,21,22,23)/t14-/m1/s1. The van der Waals surface area contributed by atoms with Gasteiger partial charge in [-0.25, -0.2) is 9.78 Å². The average Bonchev–Trinajstić information content (AvgIpc) is 2.67. The highest BCUT2D eigenvalue weighted by Crippen LogP contribution is 2.29. The summed E-state index contributed by atoms with van der Waals surface area (Å²) in [5.74, 6) is 0.763. The number of carbonyl (C=O) groups is 1. The predicted octanol–water partition coefficient (Wildman–Crippen LogP) is 3.57. The van der Waals surface area contributed by atoms with Gasteiger partial charge in [-0.05, 0) is 45.9 Å². The van der Waals surface area contributed by atoms with Crippen molar-refractivity contribution in [3.63, 3.8) is 0 Å². The fourth-order valence-electron chi connectivity index (χ4n) is 3.19. The third-order valence-electron chi connectivity index (χ3n) is 4.58. The fraction of sp³-hybridized carbons (Fsp3) is 0.450. The Morgan fingerprint density at radius 1 is 1.23 bits per heavy atom. The monoisotopic (exact) mass is 414 g/mol. The van der Waals surface area contributed by atoms with Gasteiger partial charge in [-0.2, -0.15) is 0 Å². The number of ether oxygens (including phenoxy) is 1. The van der Waals surface area contributed by atoms with Crippen molar-refractivity contribution in [2.45, 2.75) is 39.3 Å². The van der Waals surface area contributed by atoms with Crippen molar-refractivity contribution in [2.24, 2.45) is 0 Å². The minimum Gasteiger partial charge on any atom is -0.444 e. The molecular formula is C20H26N6O4. The SMILES string of the molecule is C[C@@H]1CN(c2ccc([N+](=O)[O-])c(Nc3ccncc3)n2)CCN1C(=O)OC(C)(C)C. The van der Waals surface area contributed by atoms with Crippen LogP contribution in [-0.2, 0) is 4.74 Å². The first-order valence-electron chi connectivity index (χ1n) is 9.71. The molecular weight excluding hydrogens is 388 g/mol. The van der Waals surface area contributed by atoms with E-state index in [4.69, 9.17) is 4.74 Å². The maximum Gasteiger partial charge on any atom is 0.410 e. The lowest BCUT2D eigenvalue weighted by atomic mass is 10.2. The van der Waals surface area contributed by atoms with Crippen LogP contribution in [0.2, 0.25) is 0 Å². The molecule has 2 aromatic rings. The smallest absolute Gasteiger partial charge is 0.410 e. The first-order valence-corrected chi connectivity index (χ1v) is 9.71. The highest BCUT2D eigenvalue weighted by atomic mass is 16.6. The van der Waals surface area contributed by atoms with Crippen LogP contribution in [0.15, 0.2) is 36.7 Å². The molecule has 10 heteroatoms. The Labute approximate surface area is 175 Å². The number of amides is 1. The van der Waals surface area contributed by atoms with Gasteiger partial charge in [0.2, 0.25) is 5.82 Å². The Morgan fingerprint density at radius 3 is 2.53 bits per heavy atom. The van der Waals surface area contributed by atoms with Crippen LogP contribution in [0.3, 0.4) is 0 Å². The summed E-state index contributed by atoms with van der Waals surface area (Å²) in [6.07, 6.45) is 2.84. The summed E-state index contributed by atoms with van der Waals surface area (Å²) in [5.41, 5.74) is -0.0154. The molecule has 1 N–H and O–H groups in total. The van der Waals surface area contributed by atoms with E-state index in [-0.39, 0.29) is 23.6 Å². The quantitative estimate of drug-likeness (QED) is 0.596. The minimum atomic E-state index is -0.554. The topological polar surface area (TPSA) is 114 Å². The number of carbonyl (C=O) groups excluding carboxylic acids is 1. The Morgan fingerprint density at radius 2 is 1.93 bits per heavy atom. The second-order valence-electron chi connectivity index (χ2n) is 8.12. The van der Waals surface area contributed by atoms with E-state index in [1.165, 1.54) is 6.07 Å². The summed E-state index contributed by atoms with van der Waals surface area (Å²) in [4.78, 5) is 35.5. The Balaban J connectivity index is 1.77. The molecule has 1 saturated heterocycles. The summed E-state index contributed by atoms with van der Waals surface area (Å²) in [7, 11) is 0. The van der Waals surface area contributed by atoms with Gasteiger partial charge < -0.3 is 19.9 Å². The third kappa shape index (κ3) is 5.13. The maximum absolute atomic E-state index is 12.4. The normalized spacial score (nSPS) is 16.9. The Kier molecular flexibility index (Phi) is 6.04. The number of aromatic nitrogens is 2. The third-order valence-corrected chi connectivity index (χ3v) is 4.58. The largest absolute Gasteiger partial charge is 0.444 e. The number of hydrogen-bond donors (Lipinski definition) is 1. The molecule has 1 atom stereocenters. The summed E-state index contributed by atoms with van der Waals surface area (Å²) in [6, 6.07) is 6.39. The lowest BCUT2D eigenvalue weighted by Gasteiger charge is -2.40. The number of rotatable bonds is 4. The van der Waals surface area contributed by atoms with Crippen LogP contribution in [0.5, 0.6) is 0 Å². The van der Waals surface area contributed by atoms with E-state index in [2.05, 4.69) is 15.3 Å². The van der Waals surface area contributed by atoms with Crippen LogP contribution in [0, 0.1) is 10.1 Å². The average molecular weight is 414 g/mol. The Bertz CT molecular complexity index is 915. The van der Waals surface area contributed by atoms with E-state index in [9.17, 15) is 14.9 Å². The zero-order valence-corrected chi connectivity index (χ0v) is 17.5. The molecule has 1 aliphatic rings. The van der Waals surface area contributed by atoms with Crippen LogP contribution in [0.25, 0.3) is 0 Å². The van der Waals surface area contributed by atoms with Crippen molar-refractivity contribution in [1.82, 2.24) is 14.9 Å². The fourth-order valence-corrected chi connectivity index (χ4v) is 3.19. The molecule has 1 fully saturated rings. The molecule has 160 valence electrons. The maximum atomic E-state index is 12.4. The van der Waals surface area contributed by atoms with E-state index >= 15 is 0 Å². The molecule has 30 heavy (non-hydrogen) atoms. The van der Waals surface area contributed by atoms with E-state index in [1.807, 2.05) is 32.6 Å². The van der Waals surface area contributed by atoms with Gasteiger partial charge in [0.05, 0.1) is 4.92 Å². The number of nitrogens with one attached hydrogen (secondary N) is 1. The number of nitrogens with zero attached hydrogens (tertiary/aromatic N) is 5. The lowest BCUT2D eigenvalue weighted by molar-refractivity contribution is -0.384. The summed E-state index contributed by atoms with van der Waals surface area (Å²) < 4.78 is 5.48. The van der Waals surface area contributed by atoms with Gasteiger partial charge >= 0.3 is 11.8 Å². The summed E-state index contributed by atoms with van der Waals surface area (Å²) in [5, 5.41) is 14.4. The first kappa shape index (κ1) is 21.3. The molecule has 0 aliphatic carbocycles. The molecule has 10 nitrogen and oxygen atoms in total. The van der Waals surface area contributed by atoms with Crippen molar-refractivity contribution < 1.29 is 14.5 Å². The first-order chi connectivity index (χ1) is 14.1. The van der Waals surface area contributed by atoms with Crippen molar-refractivity contribution in [2.75, 3.05) is 29.9 Å². The highest BCUT2D eigenvalue weighted by Gasteiger charge is 2.31. The predicted molar refractivity (Wildman–Crippen MR) is 113 cm³/mol. The van der Waals surface area contributed by atoms with E-state index in [0.29, 0.717) is 31.1 Å². The molecule has 1 amide bonds. The number of pyridine rings is 2. The zero-order valence-electron chi connectivity index (χ0n) is 17.5. The molecule has 0 aromatic carbocycles. The number of anilines is 3. The van der Waals surface area contributed by atoms with Crippen LogP contribution in [0.4, 0.5) is 27.8 Å². The molecule has 1 aliphatic heterocycles. The van der Waals surface area contributed by atoms with Crippen molar-refractivity contribution >= 4 is 29.1 Å². The van der Waals surface area contributed by atoms with Gasteiger partial charge in [0, 0.05) is 49.8 Å². The summed E-state index contributed by atoms with van der Waals surface area (Å²) >= 11 is 0. The van der Waals surface area contributed by atoms with Gasteiger partial charge in [0.25, 0.3) is 0 Å². The highest BCUT2D eigenvalue weighted by molar-refractivity contribution is 5.70. The van der Waals surface area contributed by atoms with Crippen LogP contribution >= 0.6 is 0 Å². The van der Waals surface area contributed by atoms with Crippen LogP contribution in [-0.4, -0.2) is 57.2 Å².